The quantitative estimate of drug-likeness (QED) is 0.315. The van der Waals surface area contributed by atoms with Gasteiger partial charge in [0.25, 0.3) is 11.8 Å². The lowest BCUT2D eigenvalue weighted by atomic mass is 10.2. The van der Waals surface area contributed by atoms with Gasteiger partial charge in [-0.3, -0.25) is 19.4 Å². The average molecular weight is 221 g/mol. The van der Waals surface area contributed by atoms with E-state index in [0.717, 1.165) is 0 Å². The number of hydrogen-bond acceptors (Lipinski definition) is 5. The molecule has 0 fully saturated rings. The van der Waals surface area contributed by atoms with E-state index in [2.05, 4.69) is 10.3 Å². The molecule has 0 aliphatic carbocycles. The van der Waals surface area contributed by atoms with E-state index in [4.69, 9.17) is 4.84 Å². The Labute approximate surface area is 90.0 Å². The van der Waals surface area contributed by atoms with Crippen molar-refractivity contribution in [2.24, 2.45) is 0 Å². The summed E-state index contributed by atoms with van der Waals surface area (Å²) in [6, 6.07) is 1.44. The van der Waals surface area contributed by atoms with Crippen LogP contribution in [0.1, 0.15) is 20.7 Å². The van der Waals surface area contributed by atoms with Gasteiger partial charge in [0.15, 0.2) is 0 Å². The molecular weight excluding hydrogens is 214 g/mol. The minimum absolute atomic E-state index is 0.193. The highest BCUT2D eigenvalue weighted by molar-refractivity contribution is 6.20. The number of nitrogens with zero attached hydrogens (tertiary/aromatic N) is 2. The van der Waals surface area contributed by atoms with Crippen molar-refractivity contribution < 1.29 is 19.2 Å². The third-order valence-electron chi connectivity index (χ3n) is 2.01. The van der Waals surface area contributed by atoms with Crippen LogP contribution in [-0.4, -0.2) is 35.0 Å². The van der Waals surface area contributed by atoms with E-state index in [-0.39, 0.29) is 17.9 Å². The number of imide groups is 1. The molecule has 2 rings (SSSR count). The Morgan fingerprint density at radius 2 is 2.12 bits per heavy atom. The molecule has 0 saturated heterocycles. The monoisotopic (exact) mass is 221 g/mol. The number of amides is 3. The third kappa shape index (κ3) is 1.52. The Hall–Kier alpha value is -2.28. The first-order valence-electron chi connectivity index (χ1n) is 4.38. The number of carbonyl (C=O) groups is 3. The molecule has 1 aliphatic heterocycles. The molecule has 0 unspecified atom stereocenters. The van der Waals surface area contributed by atoms with Crippen molar-refractivity contribution in [2.45, 2.75) is 0 Å². The lowest BCUT2D eigenvalue weighted by molar-refractivity contribution is -0.120. The van der Waals surface area contributed by atoms with Gasteiger partial charge < -0.3 is 5.32 Å². The molecule has 7 heteroatoms. The standard InChI is InChI=1S/C9H7N3O4/c13-4-11-5-16-12-8(14)6-1-2-10-3-7(6)9(12)15/h1-4H,5H2,(H,11,13). The summed E-state index contributed by atoms with van der Waals surface area (Å²) in [4.78, 5) is 41.8. The summed E-state index contributed by atoms with van der Waals surface area (Å²) in [5.74, 6) is -1.14. The number of nitrogens with one attached hydrogen (secondary N) is 1. The van der Waals surface area contributed by atoms with Crippen LogP contribution in [0.4, 0.5) is 0 Å². The van der Waals surface area contributed by atoms with Crippen LogP contribution in [0.3, 0.4) is 0 Å². The van der Waals surface area contributed by atoms with Crippen molar-refractivity contribution in [1.82, 2.24) is 15.4 Å². The van der Waals surface area contributed by atoms with Gasteiger partial charge in [-0.2, -0.15) is 0 Å². The Morgan fingerprint density at radius 3 is 2.81 bits per heavy atom. The van der Waals surface area contributed by atoms with Gasteiger partial charge in [0.05, 0.1) is 11.1 Å². The molecule has 82 valence electrons. The van der Waals surface area contributed by atoms with Gasteiger partial charge >= 0.3 is 0 Å². The van der Waals surface area contributed by atoms with Crippen LogP contribution in [0.2, 0.25) is 0 Å². The van der Waals surface area contributed by atoms with E-state index in [9.17, 15) is 14.4 Å². The lowest BCUT2D eigenvalue weighted by Crippen LogP contribution is -2.33. The van der Waals surface area contributed by atoms with E-state index in [1.165, 1.54) is 18.5 Å². The van der Waals surface area contributed by atoms with E-state index in [1.54, 1.807) is 0 Å². The molecule has 1 N–H and O–H groups in total. The summed E-state index contributed by atoms with van der Waals surface area (Å²) in [5, 5.41) is 2.78. The topological polar surface area (TPSA) is 88.6 Å². The second kappa shape index (κ2) is 4.07. The molecule has 0 atom stereocenters. The molecule has 0 aromatic carbocycles. The van der Waals surface area contributed by atoms with E-state index in [0.29, 0.717) is 11.5 Å². The summed E-state index contributed by atoms with van der Waals surface area (Å²) >= 11 is 0. The molecule has 0 saturated carbocycles. The fraction of sp³-hybridized carbons (Fsp3) is 0.111. The van der Waals surface area contributed by atoms with Gasteiger partial charge in [-0.15, -0.1) is 5.06 Å². The highest BCUT2D eigenvalue weighted by Crippen LogP contribution is 2.21. The third-order valence-corrected chi connectivity index (χ3v) is 2.01. The molecule has 1 aromatic rings. The van der Waals surface area contributed by atoms with Gasteiger partial charge in [-0.25, -0.2) is 4.84 Å². The Balaban J connectivity index is 2.18. The van der Waals surface area contributed by atoms with Crippen LogP contribution in [0.25, 0.3) is 0 Å². The number of fused-ring (bicyclic) bond motifs is 1. The van der Waals surface area contributed by atoms with E-state index < -0.39 is 11.8 Å². The Bertz CT molecular complexity index is 425. The molecule has 2 heterocycles. The minimum atomic E-state index is -0.583. The zero-order chi connectivity index (χ0) is 11.5. The van der Waals surface area contributed by atoms with E-state index >= 15 is 0 Å². The van der Waals surface area contributed by atoms with Crippen molar-refractivity contribution in [3.05, 3.63) is 29.6 Å². The van der Waals surface area contributed by atoms with Gasteiger partial charge in [0, 0.05) is 12.4 Å². The lowest BCUT2D eigenvalue weighted by Gasteiger charge is -2.11. The van der Waals surface area contributed by atoms with Gasteiger partial charge in [-0.1, -0.05) is 0 Å². The smallest absolute Gasteiger partial charge is 0.287 e. The number of rotatable bonds is 4. The van der Waals surface area contributed by atoms with Crippen molar-refractivity contribution >= 4 is 18.2 Å². The van der Waals surface area contributed by atoms with Crippen LogP contribution in [0.15, 0.2) is 18.5 Å². The molecule has 0 radical (unpaired) electrons. The fourth-order valence-corrected chi connectivity index (χ4v) is 1.32. The zero-order valence-corrected chi connectivity index (χ0v) is 8.04. The number of aromatic nitrogens is 1. The van der Waals surface area contributed by atoms with Crippen LogP contribution < -0.4 is 5.32 Å². The second-order valence-electron chi connectivity index (χ2n) is 2.92. The van der Waals surface area contributed by atoms with Crippen molar-refractivity contribution in [3.63, 3.8) is 0 Å². The molecule has 1 aliphatic rings. The molecule has 0 spiro atoms. The maximum absolute atomic E-state index is 11.6. The molecular formula is C9H7N3O4. The maximum atomic E-state index is 11.6. The Morgan fingerprint density at radius 1 is 1.38 bits per heavy atom. The molecule has 7 nitrogen and oxygen atoms in total. The first kappa shape index (κ1) is 10.2. The summed E-state index contributed by atoms with van der Waals surface area (Å²) in [5.41, 5.74) is 0.435. The number of carbonyl (C=O) groups excluding carboxylic acids is 3. The van der Waals surface area contributed by atoms with Crippen LogP contribution in [0.5, 0.6) is 0 Å². The normalized spacial score (nSPS) is 13.9. The van der Waals surface area contributed by atoms with E-state index in [1.807, 2.05) is 0 Å². The fourth-order valence-electron chi connectivity index (χ4n) is 1.32. The summed E-state index contributed by atoms with van der Waals surface area (Å²) < 4.78 is 0. The molecule has 1 aromatic heterocycles. The maximum Gasteiger partial charge on any atom is 0.287 e. The highest BCUT2D eigenvalue weighted by atomic mass is 16.7. The molecule has 0 bridgehead atoms. The minimum Gasteiger partial charge on any atom is -0.334 e. The average Bonchev–Trinajstić information content (AvgIpc) is 2.55. The first-order valence-corrected chi connectivity index (χ1v) is 4.38. The van der Waals surface area contributed by atoms with Gasteiger partial charge in [-0.05, 0) is 6.07 Å². The molecule has 3 amide bonds. The summed E-state index contributed by atoms with van der Waals surface area (Å²) in [6.45, 7) is -0.248. The number of hydrogen-bond donors (Lipinski definition) is 1. The number of hydroxylamine groups is 2. The molecule has 16 heavy (non-hydrogen) atoms. The summed E-state index contributed by atoms with van der Waals surface area (Å²) in [6.07, 6.45) is 3.11. The van der Waals surface area contributed by atoms with Crippen LogP contribution >= 0.6 is 0 Å². The predicted molar refractivity (Wildman–Crippen MR) is 49.9 cm³/mol. The first-order chi connectivity index (χ1) is 7.75. The SMILES string of the molecule is O=CNCON1C(=O)c2ccncc2C1=O. The number of pyridine rings is 1. The van der Waals surface area contributed by atoms with Gasteiger partial charge in [0.1, 0.15) is 6.73 Å². The zero-order valence-electron chi connectivity index (χ0n) is 8.04. The second-order valence-corrected chi connectivity index (χ2v) is 2.92. The van der Waals surface area contributed by atoms with Crippen LogP contribution in [-0.2, 0) is 9.63 Å². The van der Waals surface area contributed by atoms with Crippen LogP contribution in [0, 0.1) is 0 Å². The predicted octanol–water partition coefficient (Wildman–Crippen LogP) is -0.687. The summed E-state index contributed by atoms with van der Waals surface area (Å²) in [7, 11) is 0. The van der Waals surface area contributed by atoms with Gasteiger partial charge in [0.2, 0.25) is 6.41 Å². The van der Waals surface area contributed by atoms with Crippen molar-refractivity contribution in [2.75, 3.05) is 6.73 Å². The Kier molecular flexibility index (Phi) is 2.61. The largest absolute Gasteiger partial charge is 0.334 e. The van der Waals surface area contributed by atoms with Crippen molar-refractivity contribution in [3.8, 4) is 0 Å². The van der Waals surface area contributed by atoms with Crippen molar-refractivity contribution in [1.29, 1.82) is 0 Å². The highest BCUT2D eigenvalue weighted by Gasteiger charge is 2.36.